The molecule has 3 aromatic rings. The number of carbonyl (C=O) groups is 1. The van der Waals surface area contributed by atoms with Gasteiger partial charge in [0.25, 0.3) is 0 Å². The molecule has 144 valence electrons. The molecule has 1 saturated heterocycles. The molecule has 0 radical (unpaired) electrons. The van der Waals surface area contributed by atoms with Crippen LogP contribution in [0.2, 0.25) is 0 Å². The van der Waals surface area contributed by atoms with E-state index in [1.165, 1.54) is 0 Å². The van der Waals surface area contributed by atoms with Gasteiger partial charge in [0.05, 0.1) is 0 Å². The van der Waals surface area contributed by atoms with E-state index in [0.717, 1.165) is 41.6 Å². The number of para-hydroxylation sites is 1. The highest BCUT2D eigenvalue weighted by atomic mass is 16.5. The minimum absolute atomic E-state index is 0.126. The Morgan fingerprint density at radius 1 is 1.25 bits per heavy atom. The number of aromatic nitrogens is 2. The van der Waals surface area contributed by atoms with Crippen molar-refractivity contribution in [2.45, 2.75) is 39.2 Å². The summed E-state index contributed by atoms with van der Waals surface area (Å²) in [5.41, 5.74) is 4.03. The SMILES string of the molecule is CCc1ccccc1NC(=O)N1CCC[C@@H]1c1nc(-c2cccc(C)c2)no1. The van der Waals surface area contributed by atoms with Crippen LogP contribution in [0, 0.1) is 6.92 Å². The van der Waals surface area contributed by atoms with Gasteiger partial charge in [0, 0.05) is 17.8 Å². The van der Waals surface area contributed by atoms with E-state index >= 15 is 0 Å². The second-order valence-corrected chi connectivity index (χ2v) is 7.12. The number of carbonyl (C=O) groups excluding carboxylic acids is 1. The number of nitrogens with one attached hydrogen (secondary N) is 1. The average molecular weight is 376 g/mol. The number of anilines is 1. The van der Waals surface area contributed by atoms with Crippen LogP contribution in [-0.2, 0) is 6.42 Å². The Labute approximate surface area is 164 Å². The highest BCUT2D eigenvalue weighted by molar-refractivity contribution is 5.90. The lowest BCUT2D eigenvalue weighted by molar-refractivity contribution is 0.193. The molecule has 0 saturated carbocycles. The van der Waals surface area contributed by atoms with Crippen LogP contribution < -0.4 is 5.32 Å². The molecule has 0 bridgehead atoms. The summed E-state index contributed by atoms with van der Waals surface area (Å²) in [6.07, 6.45) is 2.59. The first-order chi connectivity index (χ1) is 13.7. The third-order valence-electron chi connectivity index (χ3n) is 5.16. The molecule has 0 unspecified atom stereocenters. The number of hydrogen-bond acceptors (Lipinski definition) is 4. The Morgan fingerprint density at radius 3 is 2.93 bits per heavy atom. The van der Waals surface area contributed by atoms with Crippen molar-refractivity contribution >= 4 is 11.7 Å². The van der Waals surface area contributed by atoms with Crippen molar-refractivity contribution < 1.29 is 9.32 Å². The number of urea groups is 1. The molecule has 0 aliphatic carbocycles. The van der Waals surface area contributed by atoms with Crippen LogP contribution in [0.1, 0.15) is 42.8 Å². The van der Waals surface area contributed by atoms with Gasteiger partial charge >= 0.3 is 6.03 Å². The third kappa shape index (κ3) is 3.63. The van der Waals surface area contributed by atoms with Crippen LogP contribution in [0.3, 0.4) is 0 Å². The number of hydrogen-bond donors (Lipinski definition) is 1. The van der Waals surface area contributed by atoms with E-state index in [0.29, 0.717) is 18.3 Å². The lowest BCUT2D eigenvalue weighted by Gasteiger charge is -2.23. The largest absolute Gasteiger partial charge is 0.337 e. The minimum atomic E-state index is -0.195. The molecular weight excluding hydrogens is 352 g/mol. The molecule has 1 fully saturated rings. The van der Waals surface area contributed by atoms with Crippen molar-refractivity contribution in [3.63, 3.8) is 0 Å². The first-order valence-electron chi connectivity index (χ1n) is 9.72. The predicted molar refractivity (Wildman–Crippen MR) is 108 cm³/mol. The van der Waals surface area contributed by atoms with E-state index in [1.54, 1.807) is 4.90 Å². The summed E-state index contributed by atoms with van der Waals surface area (Å²) < 4.78 is 5.54. The Hall–Kier alpha value is -3.15. The maximum Gasteiger partial charge on any atom is 0.322 e. The molecule has 1 aliphatic rings. The minimum Gasteiger partial charge on any atom is -0.337 e. The fourth-order valence-corrected chi connectivity index (χ4v) is 3.68. The van der Waals surface area contributed by atoms with E-state index < -0.39 is 0 Å². The zero-order valence-electron chi connectivity index (χ0n) is 16.2. The summed E-state index contributed by atoms with van der Waals surface area (Å²) in [4.78, 5) is 19.3. The maximum absolute atomic E-state index is 12.9. The van der Waals surface area contributed by atoms with Crippen LogP contribution in [0.4, 0.5) is 10.5 Å². The third-order valence-corrected chi connectivity index (χ3v) is 5.16. The lowest BCUT2D eigenvalue weighted by Crippen LogP contribution is -2.34. The van der Waals surface area contributed by atoms with E-state index in [-0.39, 0.29) is 12.1 Å². The summed E-state index contributed by atoms with van der Waals surface area (Å²) in [6.45, 7) is 4.78. The van der Waals surface area contributed by atoms with Gasteiger partial charge in [0.1, 0.15) is 6.04 Å². The van der Waals surface area contributed by atoms with Crippen molar-refractivity contribution in [3.8, 4) is 11.4 Å². The van der Waals surface area contributed by atoms with Gasteiger partial charge in [-0.15, -0.1) is 0 Å². The summed E-state index contributed by atoms with van der Waals surface area (Å²) in [5, 5.41) is 7.18. The van der Waals surface area contributed by atoms with Gasteiger partial charge in [-0.3, -0.25) is 0 Å². The maximum atomic E-state index is 12.9. The van der Waals surface area contributed by atoms with Crippen molar-refractivity contribution in [1.82, 2.24) is 15.0 Å². The number of amides is 2. The van der Waals surface area contributed by atoms with Crippen molar-refractivity contribution in [2.24, 2.45) is 0 Å². The van der Waals surface area contributed by atoms with Gasteiger partial charge in [-0.2, -0.15) is 4.98 Å². The summed E-state index contributed by atoms with van der Waals surface area (Å²) in [7, 11) is 0. The van der Waals surface area contributed by atoms with Crippen LogP contribution in [0.5, 0.6) is 0 Å². The van der Waals surface area contributed by atoms with Crippen LogP contribution in [0.25, 0.3) is 11.4 Å². The molecule has 1 N–H and O–H groups in total. The van der Waals surface area contributed by atoms with Gasteiger partial charge in [-0.25, -0.2) is 4.79 Å². The van der Waals surface area contributed by atoms with Gasteiger partial charge < -0.3 is 14.7 Å². The second-order valence-electron chi connectivity index (χ2n) is 7.12. The zero-order valence-corrected chi connectivity index (χ0v) is 16.2. The predicted octanol–water partition coefficient (Wildman–Crippen LogP) is 4.98. The molecule has 2 aromatic carbocycles. The molecule has 2 amide bonds. The summed E-state index contributed by atoms with van der Waals surface area (Å²) in [6, 6.07) is 15.5. The van der Waals surface area contributed by atoms with Gasteiger partial charge in [-0.05, 0) is 43.9 Å². The Kier molecular flexibility index (Phi) is 5.10. The molecule has 0 spiro atoms. The standard InChI is InChI=1S/C22H24N4O2/c1-3-16-9-4-5-11-18(16)23-22(27)26-13-7-12-19(26)21-24-20(25-28-21)17-10-6-8-15(2)14-17/h4-6,8-11,14,19H,3,7,12-13H2,1-2H3,(H,23,27)/t19-/m1/s1. The monoisotopic (exact) mass is 376 g/mol. The van der Waals surface area contributed by atoms with Crippen molar-refractivity contribution in [3.05, 3.63) is 65.5 Å². The number of rotatable bonds is 4. The van der Waals surface area contributed by atoms with E-state index in [4.69, 9.17) is 4.52 Å². The molecule has 6 nitrogen and oxygen atoms in total. The Morgan fingerprint density at radius 2 is 2.11 bits per heavy atom. The highest BCUT2D eigenvalue weighted by Crippen LogP contribution is 2.33. The number of likely N-dealkylation sites (tertiary alicyclic amines) is 1. The number of benzene rings is 2. The molecule has 6 heteroatoms. The smallest absolute Gasteiger partial charge is 0.322 e. The van der Waals surface area contributed by atoms with Crippen LogP contribution in [0.15, 0.2) is 53.1 Å². The van der Waals surface area contributed by atoms with Gasteiger partial charge in [0.15, 0.2) is 0 Å². The molecular formula is C22H24N4O2. The Balaban J connectivity index is 1.53. The topological polar surface area (TPSA) is 71.3 Å². The fraction of sp³-hybridized carbons (Fsp3) is 0.318. The average Bonchev–Trinajstić information content (AvgIpc) is 3.38. The molecule has 28 heavy (non-hydrogen) atoms. The lowest BCUT2D eigenvalue weighted by atomic mass is 10.1. The summed E-state index contributed by atoms with van der Waals surface area (Å²) in [5.74, 6) is 1.05. The zero-order chi connectivity index (χ0) is 19.5. The second kappa shape index (κ2) is 7.84. The molecule has 4 rings (SSSR count). The van der Waals surface area contributed by atoms with Gasteiger partial charge in [-0.1, -0.05) is 54.0 Å². The van der Waals surface area contributed by atoms with Crippen molar-refractivity contribution in [1.29, 1.82) is 0 Å². The highest BCUT2D eigenvalue weighted by Gasteiger charge is 2.34. The molecule has 2 heterocycles. The van der Waals surface area contributed by atoms with Crippen molar-refractivity contribution in [2.75, 3.05) is 11.9 Å². The summed E-state index contributed by atoms with van der Waals surface area (Å²) >= 11 is 0. The van der Waals surface area contributed by atoms with E-state index in [1.807, 2.05) is 55.5 Å². The quantitative estimate of drug-likeness (QED) is 0.697. The first-order valence-corrected chi connectivity index (χ1v) is 9.72. The number of nitrogens with zero attached hydrogens (tertiary/aromatic N) is 3. The van der Waals surface area contributed by atoms with Crippen LogP contribution in [-0.4, -0.2) is 27.6 Å². The first kappa shape index (κ1) is 18.2. The normalized spacial score (nSPS) is 16.4. The Bertz CT molecular complexity index is 982. The molecule has 1 aromatic heterocycles. The van der Waals surface area contributed by atoms with E-state index in [9.17, 15) is 4.79 Å². The fourth-order valence-electron chi connectivity index (χ4n) is 3.68. The number of aryl methyl sites for hydroxylation is 2. The van der Waals surface area contributed by atoms with E-state index in [2.05, 4.69) is 22.4 Å². The molecule has 1 atom stereocenters. The van der Waals surface area contributed by atoms with Crippen LogP contribution >= 0.6 is 0 Å². The van der Waals surface area contributed by atoms with Gasteiger partial charge in [0.2, 0.25) is 11.7 Å². The molecule has 1 aliphatic heterocycles.